The van der Waals surface area contributed by atoms with Gasteiger partial charge in [0, 0.05) is 22.2 Å². The van der Waals surface area contributed by atoms with Crippen molar-refractivity contribution >= 4 is 37.5 Å². The van der Waals surface area contributed by atoms with Crippen molar-refractivity contribution in [2.75, 3.05) is 31.5 Å². The topological polar surface area (TPSA) is 69.7 Å². The molecule has 1 N–H and O–H groups in total. The van der Waals surface area contributed by atoms with Crippen LogP contribution in [0.5, 0.6) is 0 Å². The van der Waals surface area contributed by atoms with Crippen molar-refractivity contribution in [2.24, 2.45) is 5.41 Å². The van der Waals surface area contributed by atoms with E-state index in [1.54, 1.807) is 4.31 Å². The maximum absolute atomic E-state index is 13.8. The molecule has 2 aliphatic heterocycles. The number of piperidine rings is 2. The Hall–Kier alpha value is -1.81. The summed E-state index contributed by atoms with van der Waals surface area (Å²) in [5.74, 6) is -0.612. The summed E-state index contributed by atoms with van der Waals surface area (Å²) in [6.07, 6.45) is 3.33. The fraction of sp³-hybridized carbons (Fsp3) is 0.480. The van der Waals surface area contributed by atoms with Crippen LogP contribution < -0.4 is 5.32 Å². The van der Waals surface area contributed by atoms with Crippen LogP contribution >= 0.6 is 15.9 Å². The SMILES string of the molecule is CC1(C)CCC2(CCN(CC(=O)Nc3ccc(Br)cc3)CC2)CN1S(=O)(=O)c1cccc(F)c1. The molecule has 0 atom stereocenters. The molecule has 4 rings (SSSR count). The first kappa shape index (κ1) is 25.3. The number of carbonyl (C=O) groups excluding carboxylic acids is 1. The maximum atomic E-state index is 13.8. The van der Waals surface area contributed by atoms with Crippen LogP contribution in [0.3, 0.4) is 0 Å². The fourth-order valence-electron chi connectivity index (χ4n) is 4.99. The summed E-state index contributed by atoms with van der Waals surface area (Å²) < 4.78 is 43.3. The van der Waals surface area contributed by atoms with Crippen molar-refractivity contribution in [3.8, 4) is 0 Å². The number of rotatable bonds is 5. The molecule has 2 aliphatic rings. The summed E-state index contributed by atoms with van der Waals surface area (Å²) in [4.78, 5) is 14.6. The molecule has 9 heteroatoms. The molecule has 1 amide bonds. The van der Waals surface area contributed by atoms with E-state index in [1.165, 1.54) is 18.2 Å². The predicted molar refractivity (Wildman–Crippen MR) is 134 cm³/mol. The largest absolute Gasteiger partial charge is 0.325 e. The number of benzene rings is 2. The lowest BCUT2D eigenvalue weighted by molar-refractivity contribution is -0.118. The summed E-state index contributed by atoms with van der Waals surface area (Å²) in [7, 11) is -3.83. The van der Waals surface area contributed by atoms with Crippen LogP contribution in [-0.4, -0.2) is 55.2 Å². The van der Waals surface area contributed by atoms with E-state index in [4.69, 9.17) is 0 Å². The number of amides is 1. The van der Waals surface area contributed by atoms with E-state index in [0.29, 0.717) is 13.1 Å². The Morgan fingerprint density at radius 3 is 2.38 bits per heavy atom. The third kappa shape index (κ3) is 5.53. The minimum Gasteiger partial charge on any atom is -0.325 e. The van der Waals surface area contributed by atoms with Crippen LogP contribution in [-0.2, 0) is 14.8 Å². The highest BCUT2D eigenvalue weighted by atomic mass is 79.9. The van der Waals surface area contributed by atoms with Gasteiger partial charge in [0.15, 0.2) is 0 Å². The van der Waals surface area contributed by atoms with Gasteiger partial charge in [0.05, 0.1) is 11.4 Å². The second-order valence-corrected chi connectivity index (χ2v) is 12.9. The van der Waals surface area contributed by atoms with Gasteiger partial charge in [0.1, 0.15) is 5.82 Å². The minimum absolute atomic E-state index is 0.000302. The molecule has 2 aromatic rings. The van der Waals surface area contributed by atoms with Gasteiger partial charge in [-0.2, -0.15) is 4.31 Å². The highest BCUT2D eigenvalue weighted by Gasteiger charge is 2.49. The van der Waals surface area contributed by atoms with Gasteiger partial charge in [-0.3, -0.25) is 9.69 Å². The molecule has 1 spiro atoms. The molecule has 2 aromatic carbocycles. The van der Waals surface area contributed by atoms with Gasteiger partial charge in [0.25, 0.3) is 0 Å². The van der Waals surface area contributed by atoms with E-state index in [2.05, 4.69) is 26.1 Å². The number of halogens is 2. The number of nitrogens with zero attached hydrogens (tertiary/aromatic N) is 2. The quantitative estimate of drug-likeness (QED) is 0.575. The maximum Gasteiger partial charge on any atom is 0.243 e. The number of carbonyl (C=O) groups is 1. The molecular formula is C25H31BrFN3O3S. The smallest absolute Gasteiger partial charge is 0.243 e. The first-order chi connectivity index (χ1) is 16.0. The first-order valence-electron chi connectivity index (χ1n) is 11.6. The zero-order valence-electron chi connectivity index (χ0n) is 19.6. The lowest BCUT2D eigenvalue weighted by Gasteiger charge is -2.53. The van der Waals surface area contributed by atoms with Crippen LogP contribution in [0.1, 0.15) is 39.5 Å². The van der Waals surface area contributed by atoms with E-state index in [-0.39, 0.29) is 16.2 Å². The number of nitrogens with one attached hydrogen (secondary N) is 1. The number of anilines is 1. The number of likely N-dealkylation sites (tertiary alicyclic amines) is 1. The van der Waals surface area contributed by atoms with Crippen molar-refractivity contribution < 1.29 is 17.6 Å². The highest BCUT2D eigenvalue weighted by molar-refractivity contribution is 9.10. The molecular weight excluding hydrogens is 521 g/mol. The molecule has 2 saturated heterocycles. The zero-order chi connectivity index (χ0) is 24.6. The van der Waals surface area contributed by atoms with Crippen LogP contribution in [0.25, 0.3) is 0 Å². The minimum atomic E-state index is -3.83. The molecule has 34 heavy (non-hydrogen) atoms. The average molecular weight is 553 g/mol. The van der Waals surface area contributed by atoms with Gasteiger partial charge in [-0.25, -0.2) is 12.8 Å². The fourth-order valence-corrected chi connectivity index (χ4v) is 7.21. The number of hydrogen-bond donors (Lipinski definition) is 1. The van der Waals surface area contributed by atoms with Crippen molar-refractivity contribution in [1.29, 1.82) is 0 Å². The number of sulfonamides is 1. The summed E-state index contributed by atoms with van der Waals surface area (Å²) in [6.45, 7) is 6.08. The third-order valence-corrected chi connectivity index (χ3v) is 9.80. The van der Waals surface area contributed by atoms with E-state index in [1.807, 2.05) is 38.1 Å². The van der Waals surface area contributed by atoms with Crippen LogP contribution in [0, 0.1) is 11.2 Å². The summed E-state index contributed by atoms with van der Waals surface area (Å²) >= 11 is 3.39. The van der Waals surface area contributed by atoms with Crippen molar-refractivity contribution in [3.05, 3.63) is 58.8 Å². The lowest BCUT2D eigenvalue weighted by Crippen LogP contribution is -2.59. The van der Waals surface area contributed by atoms with Crippen molar-refractivity contribution in [3.63, 3.8) is 0 Å². The van der Waals surface area contributed by atoms with Crippen molar-refractivity contribution in [1.82, 2.24) is 9.21 Å². The van der Waals surface area contributed by atoms with Gasteiger partial charge >= 0.3 is 0 Å². The zero-order valence-corrected chi connectivity index (χ0v) is 22.0. The molecule has 0 aromatic heterocycles. The molecule has 0 radical (unpaired) electrons. The van der Waals surface area contributed by atoms with Gasteiger partial charge in [-0.1, -0.05) is 22.0 Å². The summed E-state index contributed by atoms with van der Waals surface area (Å²) in [5.41, 5.74) is 0.0848. The highest BCUT2D eigenvalue weighted by Crippen LogP contribution is 2.46. The lowest BCUT2D eigenvalue weighted by atomic mass is 9.69. The summed E-state index contributed by atoms with van der Waals surface area (Å²) in [6, 6.07) is 12.7. The standard InChI is InChI=1S/C25H31BrFN3O3S/c1-24(2)10-11-25(18-30(24)34(32,33)22-5-3-4-20(27)16-22)12-14-29(15-13-25)17-23(31)28-21-8-6-19(26)7-9-21/h3-9,16H,10-15,17-18H2,1-2H3,(H,28,31). The monoisotopic (exact) mass is 551 g/mol. The third-order valence-electron chi connectivity index (χ3n) is 7.22. The molecule has 2 fully saturated rings. The molecule has 0 bridgehead atoms. The summed E-state index contributed by atoms with van der Waals surface area (Å²) in [5, 5.41) is 2.93. The van der Waals surface area contributed by atoms with E-state index >= 15 is 0 Å². The second kappa shape index (κ2) is 9.68. The van der Waals surface area contributed by atoms with Crippen molar-refractivity contribution in [2.45, 2.75) is 50.0 Å². The molecule has 184 valence electrons. The Morgan fingerprint density at radius 1 is 1.06 bits per heavy atom. The van der Waals surface area contributed by atoms with Crippen LogP contribution in [0.2, 0.25) is 0 Å². The Bertz CT molecular complexity index is 1150. The molecule has 0 aliphatic carbocycles. The number of hydrogen-bond acceptors (Lipinski definition) is 4. The Morgan fingerprint density at radius 2 is 1.74 bits per heavy atom. The van der Waals surface area contributed by atoms with Crippen LogP contribution in [0.15, 0.2) is 57.9 Å². The Balaban J connectivity index is 1.41. The van der Waals surface area contributed by atoms with E-state index < -0.39 is 21.4 Å². The second-order valence-electron chi connectivity index (χ2n) is 10.1. The van der Waals surface area contributed by atoms with E-state index in [9.17, 15) is 17.6 Å². The Labute approximate surface area is 209 Å². The normalized spacial score (nSPS) is 20.8. The molecule has 0 unspecified atom stereocenters. The van der Waals surface area contributed by atoms with Gasteiger partial charge in [-0.05, 0) is 100 Å². The van der Waals surface area contributed by atoms with Crippen LogP contribution in [0.4, 0.5) is 10.1 Å². The Kier molecular flexibility index (Phi) is 7.20. The average Bonchev–Trinajstić information content (AvgIpc) is 2.79. The van der Waals surface area contributed by atoms with E-state index in [0.717, 1.165) is 55.0 Å². The molecule has 6 nitrogen and oxygen atoms in total. The van der Waals surface area contributed by atoms with Gasteiger partial charge in [-0.15, -0.1) is 0 Å². The van der Waals surface area contributed by atoms with Gasteiger partial charge < -0.3 is 5.32 Å². The molecule has 0 saturated carbocycles. The molecule has 2 heterocycles. The predicted octanol–water partition coefficient (Wildman–Crippen LogP) is 4.87. The first-order valence-corrected chi connectivity index (χ1v) is 13.8. The van der Waals surface area contributed by atoms with Gasteiger partial charge in [0.2, 0.25) is 15.9 Å².